The van der Waals surface area contributed by atoms with Crippen molar-refractivity contribution in [3.05, 3.63) is 35.9 Å². The van der Waals surface area contributed by atoms with Crippen molar-refractivity contribution in [1.82, 2.24) is 10.6 Å². The van der Waals surface area contributed by atoms with Gasteiger partial charge in [0.1, 0.15) is 5.60 Å². The predicted octanol–water partition coefficient (Wildman–Crippen LogP) is 3.26. The molecule has 1 aromatic carbocycles. The van der Waals surface area contributed by atoms with Gasteiger partial charge in [-0.25, -0.2) is 4.99 Å². The van der Waals surface area contributed by atoms with Gasteiger partial charge in [0.25, 0.3) is 0 Å². The van der Waals surface area contributed by atoms with Crippen LogP contribution in [0.4, 0.5) is 0 Å². The van der Waals surface area contributed by atoms with Gasteiger partial charge in [0.2, 0.25) is 0 Å². The van der Waals surface area contributed by atoms with Crippen molar-refractivity contribution in [1.29, 1.82) is 0 Å². The van der Waals surface area contributed by atoms with Gasteiger partial charge in [-0.3, -0.25) is 0 Å². The second kappa shape index (κ2) is 10.1. The quantitative estimate of drug-likeness (QED) is 0.256. The van der Waals surface area contributed by atoms with Crippen LogP contribution in [0.1, 0.15) is 45.1 Å². The zero-order chi connectivity index (χ0) is 15.8. The molecule has 0 spiro atoms. The summed E-state index contributed by atoms with van der Waals surface area (Å²) in [5.41, 5.74) is -0.0548. The fourth-order valence-electron chi connectivity index (χ4n) is 2.47. The molecule has 0 bridgehead atoms. The van der Waals surface area contributed by atoms with Gasteiger partial charge in [0.15, 0.2) is 5.96 Å². The highest BCUT2D eigenvalue weighted by Gasteiger charge is 2.22. The van der Waals surface area contributed by atoms with Gasteiger partial charge in [-0.2, -0.15) is 0 Å². The van der Waals surface area contributed by atoms with Gasteiger partial charge < -0.3 is 15.7 Å². The van der Waals surface area contributed by atoms with Crippen LogP contribution in [0.25, 0.3) is 0 Å². The minimum Gasteiger partial charge on any atom is -0.384 e. The van der Waals surface area contributed by atoms with Gasteiger partial charge in [-0.05, 0) is 38.2 Å². The van der Waals surface area contributed by atoms with Crippen molar-refractivity contribution in [2.75, 3.05) is 19.6 Å². The molecule has 3 N–H and O–H groups in total. The molecule has 5 heteroatoms. The second-order valence-electron chi connectivity index (χ2n) is 6.35. The number of aliphatic imine (C=N–C) groups is 1. The lowest BCUT2D eigenvalue weighted by atomic mass is 9.96. The smallest absolute Gasteiger partial charge is 0.191 e. The zero-order valence-corrected chi connectivity index (χ0v) is 16.5. The van der Waals surface area contributed by atoms with Crippen LogP contribution in [0.15, 0.2) is 35.3 Å². The highest BCUT2D eigenvalue weighted by molar-refractivity contribution is 14.0. The Bertz CT molecular complexity index is 472. The number of nitrogens with zero attached hydrogens (tertiary/aromatic N) is 1. The Morgan fingerprint density at radius 3 is 2.57 bits per heavy atom. The van der Waals surface area contributed by atoms with Crippen molar-refractivity contribution in [3.8, 4) is 0 Å². The number of guanidine groups is 1. The van der Waals surface area contributed by atoms with Crippen LogP contribution >= 0.6 is 24.0 Å². The lowest BCUT2D eigenvalue weighted by molar-refractivity contribution is 0.0672. The van der Waals surface area contributed by atoms with Crippen molar-refractivity contribution in [3.63, 3.8) is 0 Å². The number of hydrogen-bond donors (Lipinski definition) is 3. The molecule has 130 valence electrons. The van der Waals surface area contributed by atoms with E-state index < -0.39 is 5.60 Å². The molecule has 0 heterocycles. The Morgan fingerprint density at radius 1 is 1.26 bits per heavy atom. The summed E-state index contributed by atoms with van der Waals surface area (Å²) in [7, 11) is 0. The SMILES string of the molecule is CCNC(=NCC(C)(O)c1ccccc1)NCCCC1CC1.I. The number of hydrogen-bond acceptors (Lipinski definition) is 2. The van der Waals surface area contributed by atoms with Crippen molar-refractivity contribution >= 4 is 29.9 Å². The van der Waals surface area contributed by atoms with Crippen LogP contribution < -0.4 is 10.6 Å². The topological polar surface area (TPSA) is 56.7 Å². The minimum atomic E-state index is -0.947. The van der Waals surface area contributed by atoms with Gasteiger partial charge in [-0.15, -0.1) is 24.0 Å². The van der Waals surface area contributed by atoms with E-state index in [-0.39, 0.29) is 24.0 Å². The Kier molecular flexibility index (Phi) is 8.91. The lowest BCUT2D eigenvalue weighted by Gasteiger charge is -2.22. The number of rotatable bonds is 8. The molecule has 1 aromatic rings. The summed E-state index contributed by atoms with van der Waals surface area (Å²) in [6.07, 6.45) is 5.32. The molecule has 1 aliphatic rings. The van der Waals surface area contributed by atoms with E-state index in [1.165, 1.54) is 25.7 Å². The van der Waals surface area contributed by atoms with E-state index in [2.05, 4.69) is 22.5 Å². The molecular formula is C18H30IN3O. The molecule has 1 saturated carbocycles. The second-order valence-corrected chi connectivity index (χ2v) is 6.35. The number of nitrogens with one attached hydrogen (secondary N) is 2. The number of halogens is 1. The Hall–Kier alpha value is -0.820. The average Bonchev–Trinajstić information content (AvgIpc) is 3.34. The van der Waals surface area contributed by atoms with Crippen molar-refractivity contribution < 1.29 is 5.11 Å². The third-order valence-corrected chi connectivity index (χ3v) is 4.06. The maximum Gasteiger partial charge on any atom is 0.191 e. The van der Waals surface area contributed by atoms with E-state index in [4.69, 9.17) is 0 Å². The van der Waals surface area contributed by atoms with Crippen LogP contribution in [-0.2, 0) is 5.60 Å². The average molecular weight is 431 g/mol. The van der Waals surface area contributed by atoms with E-state index in [0.717, 1.165) is 30.5 Å². The Balaban J connectivity index is 0.00000264. The zero-order valence-electron chi connectivity index (χ0n) is 14.2. The first-order valence-corrected chi connectivity index (χ1v) is 8.42. The summed E-state index contributed by atoms with van der Waals surface area (Å²) in [5, 5.41) is 17.2. The molecule has 4 nitrogen and oxygen atoms in total. The standard InChI is InChI=1S/C18H29N3O.HI/c1-3-19-17(20-13-7-8-15-11-12-15)21-14-18(2,22)16-9-5-4-6-10-16;/h4-6,9-10,15,22H,3,7-8,11-14H2,1-2H3,(H2,19,20,21);1H. The summed E-state index contributed by atoms with van der Waals surface area (Å²) in [5.74, 6) is 1.76. The molecule has 0 aliphatic heterocycles. The molecule has 1 atom stereocenters. The predicted molar refractivity (Wildman–Crippen MR) is 107 cm³/mol. The van der Waals surface area contributed by atoms with Gasteiger partial charge in [0.05, 0.1) is 6.54 Å². The first-order chi connectivity index (χ1) is 10.6. The summed E-state index contributed by atoms with van der Waals surface area (Å²) in [4.78, 5) is 4.54. The molecule has 0 radical (unpaired) electrons. The molecule has 1 aliphatic carbocycles. The highest BCUT2D eigenvalue weighted by atomic mass is 127. The minimum absolute atomic E-state index is 0. The lowest BCUT2D eigenvalue weighted by Crippen LogP contribution is -2.39. The Labute approximate surface area is 157 Å². The third kappa shape index (κ3) is 7.52. The van der Waals surface area contributed by atoms with Gasteiger partial charge in [-0.1, -0.05) is 43.2 Å². The molecule has 1 fully saturated rings. The molecule has 0 aromatic heterocycles. The molecular weight excluding hydrogens is 401 g/mol. The summed E-state index contributed by atoms with van der Waals surface area (Å²) >= 11 is 0. The molecule has 2 rings (SSSR count). The molecule has 23 heavy (non-hydrogen) atoms. The fourth-order valence-corrected chi connectivity index (χ4v) is 2.47. The molecule has 0 saturated heterocycles. The largest absolute Gasteiger partial charge is 0.384 e. The Morgan fingerprint density at radius 2 is 1.96 bits per heavy atom. The van der Waals surface area contributed by atoms with Crippen LogP contribution in [0.5, 0.6) is 0 Å². The number of benzene rings is 1. The summed E-state index contributed by atoms with van der Waals surface area (Å²) in [6.45, 7) is 5.96. The monoisotopic (exact) mass is 431 g/mol. The van der Waals surface area contributed by atoms with Gasteiger partial charge in [0, 0.05) is 13.1 Å². The van der Waals surface area contributed by atoms with Crippen LogP contribution in [-0.4, -0.2) is 30.7 Å². The first kappa shape index (κ1) is 20.2. The van der Waals surface area contributed by atoms with Crippen molar-refractivity contribution in [2.24, 2.45) is 10.9 Å². The van der Waals surface area contributed by atoms with E-state index >= 15 is 0 Å². The molecule has 1 unspecified atom stereocenters. The normalized spacial score (nSPS) is 17.1. The van der Waals surface area contributed by atoms with Crippen LogP contribution in [0.3, 0.4) is 0 Å². The van der Waals surface area contributed by atoms with E-state index in [9.17, 15) is 5.11 Å². The third-order valence-electron chi connectivity index (χ3n) is 4.06. The maximum atomic E-state index is 10.6. The maximum absolute atomic E-state index is 10.6. The fraction of sp³-hybridized carbons (Fsp3) is 0.611. The van der Waals surface area contributed by atoms with Crippen LogP contribution in [0.2, 0.25) is 0 Å². The summed E-state index contributed by atoms with van der Waals surface area (Å²) < 4.78 is 0. The van der Waals surface area contributed by atoms with E-state index in [1.807, 2.05) is 37.3 Å². The van der Waals surface area contributed by atoms with Gasteiger partial charge >= 0.3 is 0 Å². The first-order valence-electron chi connectivity index (χ1n) is 8.42. The van der Waals surface area contributed by atoms with Crippen LogP contribution in [0, 0.1) is 5.92 Å². The highest BCUT2D eigenvalue weighted by Crippen LogP contribution is 2.33. The molecule has 0 amide bonds. The van der Waals surface area contributed by atoms with E-state index in [1.54, 1.807) is 0 Å². The number of aliphatic hydroxyl groups is 1. The van der Waals surface area contributed by atoms with E-state index in [0.29, 0.717) is 6.54 Å². The van der Waals surface area contributed by atoms with Crippen molar-refractivity contribution in [2.45, 2.75) is 45.1 Å². The summed E-state index contributed by atoms with van der Waals surface area (Å²) in [6, 6.07) is 9.70.